The van der Waals surface area contributed by atoms with Crippen molar-refractivity contribution in [2.24, 2.45) is 7.05 Å². The van der Waals surface area contributed by atoms with Gasteiger partial charge in [-0.15, -0.1) is 0 Å². The summed E-state index contributed by atoms with van der Waals surface area (Å²) in [5.41, 5.74) is 1.11. The van der Waals surface area contributed by atoms with E-state index in [1.807, 2.05) is 0 Å². The summed E-state index contributed by atoms with van der Waals surface area (Å²) in [7, 11) is -2.30. The van der Waals surface area contributed by atoms with Crippen LogP contribution in [0.3, 0.4) is 0 Å². The quantitative estimate of drug-likeness (QED) is 0.708. The third-order valence-electron chi connectivity index (χ3n) is 4.62. The van der Waals surface area contributed by atoms with Crippen LogP contribution in [-0.2, 0) is 28.4 Å². The summed E-state index contributed by atoms with van der Waals surface area (Å²) in [6, 6.07) is 4.27. The lowest BCUT2D eigenvalue weighted by Crippen LogP contribution is -2.24. The number of aromatic nitrogens is 3. The van der Waals surface area contributed by atoms with Crippen molar-refractivity contribution in [3.8, 4) is 0 Å². The molecule has 10 heteroatoms. The lowest BCUT2D eigenvalue weighted by Gasteiger charge is -2.22. The monoisotopic (exact) mass is 392 g/mol. The van der Waals surface area contributed by atoms with E-state index in [4.69, 9.17) is 9.15 Å². The van der Waals surface area contributed by atoms with Crippen LogP contribution in [0.25, 0.3) is 11.1 Å². The normalized spacial score (nSPS) is 18.0. The fraction of sp³-hybridized carbons (Fsp3) is 0.412. The maximum Gasteiger partial charge on any atom is 0.419 e. The van der Waals surface area contributed by atoms with E-state index in [1.54, 1.807) is 10.9 Å². The highest BCUT2D eigenvalue weighted by atomic mass is 32.2. The van der Waals surface area contributed by atoms with Crippen LogP contribution in [0.15, 0.2) is 44.7 Å². The van der Waals surface area contributed by atoms with Crippen molar-refractivity contribution < 1.29 is 17.6 Å². The number of oxazole rings is 1. The minimum absolute atomic E-state index is 0.0368. The second kappa shape index (κ2) is 6.86. The Balaban J connectivity index is 1.53. The number of fused-ring (bicyclic) bond motifs is 1. The minimum Gasteiger partial charge on any atom is -0.408 e. The predicted molar refractivity (Wildman–Crippen MR) is 98.1 cm³/mol. The topological polar surface area (TPSA) is 108 Å². The molecular weight excluding hydrogens is 372 g/mol. The van der Waals surface area contributed by atoms with Gasteiger partial charge in [-0.25, -0.2) is 13.2 Å². The zero-order valence-corrected chi connectivity index (χ0v) is 15.6. The molecular formula is C17H20N4O5S. The van der Waals surface area contributed by atoms with E-state index < -0.39 is 15.8 Å². The summed E-state index contributed by atoms with van der Waals surface area (Å²) in [4.78, 5) is 11.6. The summed E-state index contributed by atoms with van der Waals surface area (Å²) in [5, 5.41) is 4.20. The van der Waals surface area contributed by atoms with Gasteiger partial charge < -0.3 is 9.15 Å². The Labute approximate surface area is 155 Å². The molecule has 0 saturated carbocycles. The number of hydrogen-bond acceptors (Lipinski definition) is 6. The summed E-state index contributed by atoms with van der Waals surface area (Å²) < 4.78 is 41.5. The molecule has 0 radical (unpaired) electrons. The van der Waals surface area contributed by atoms with Gasteiger partial charge in [0.2, 0.25) is 0 Å². The van der Waals surface area contributed by atoms with Crippen LogP contribution < -0.4 is 10.5 Å². The van der Waals surface area contributed by atoms with Gasteiger partial charge in [-0.3, -0.25) is 14.0 Å². The largest absolute Gasteiger partial charge is 0.419 e. The molecule has 0 spiro atoms. The van der Waals surface area contributed by atoms with Gasteiger partial charge in [-0.1, -0.05) is 0 Å². The number of sulfonamides is 1. The molecule has 3 heterocycles. The van der Waals surface area contributed by atoms with Gasteiger partial charge in [-0.2, -0.15) is 5.10 Å². The van der Waals surface area contributed by atoms with E-state index in [2.05, 4.69) is 9.82 Å². The number of nitrogens with zero attached hydrogens (tertiary/aromatic N) is 3. The molecule has 2 aromatic heterocycles. The van der Waals surface area contributed by atoms with Crippen LogP contribution in [-0.4, -0.2) is 35.5 Å². The minimum atomic E-state index is -3.82. The Morgan fingerprint density at radius 3 is 2.96 bits per heavy atom. The molecule has 0 aliphatic carbocycles. The number of hydrogen-bond donors (Lipinski definition) is 1. The average Bonchev–Trinajstić information content (AvgIpc) is 3.19. The fourth-order valence-corrected chi connectivity index (χ4v) is 4.21. The van der Waals surface area contributed by atoms with Gasteiger partial charge in [0, 0.05) is 19.9 Å². The standard InChI is InChI=1S/C17H20N4O5S/c1-20-15-8-14(5-6-16(15)26-17(20)22)27(23,24)19-12-9-18-21(10-12)11-13-4-2-3-7-25-13/h5-6,8-10,13,19H,2-4,7,11H2,1H3. The molecule has 27 heavy (non-hydrogen) atoms. The van der Waals surface area contributed by atoms with E-state index in [-0.39, 0.29) is 11.0 Å². The van der Waals surface area contributed by atoms with Gasteiger partial charge in [0.25, 0.3) is 10.0 Å². The summed E-state index contributed by atoms with van der Waals surface area (Å²) in [5.74, 6) is -0.543. The third kappa shape index (κ3) is 3.62. The molecule has 1 fully saturated rings. The SMILES string of the molecule is Cn1c(=O)oc2ccc(S(=O)(=O)Nc3cnn(CC4CCCCO4)c3)cc21. The first-order valence-electron chi connectivity index (χ1n) is 8.69. The van der Waals surface area contributed by atoms with Crippen LogP contribution in [0.2, 0.25) is 0 Å². The van der Waals surface area contributed by atoms with Crippen LogP contribution in [0.4, 0.5) is 5.69 Å². The van der Waals surface area contributed by atoms with Crippen molar-refractivity contribution in [2.75, 3.05) is 11.3 Å². The molecule has 1 unspecified atom stereocenters. The lowest BCUT2D eigenvalue weighted by molar-refractivity contribution is 0.00401. The Kier molecular flexibility index (Phi) is 4.52. The van der Waals surface area contributed by atoms with Crippen molar-refractivity contribution >= 4 is 26.8 Å². The second-order valence-corrected chi connectivity index (χ2v) is 8.28. The van der Waals surface area contributed by atoms with E-state index in [1.165, 1.54) is 36.0 Å². The van der Waals surface area contributed by atoms with Crippen molar-refractivity contribution in [1.82, 2.24) is 14.3 Å². The zero-order valence-electron chi connectivity index (χ0n) is 14.8. The second-order valence-electron chi connectivity index (χ2n) is 6.60. The highest BCUT2D eigenvalue weighted by molar-refractivity contribution is 7.92. The van der Waals surface area contributed by atoms with Gasteiger partial charge >= 0.3 is 5.76 Å². The first-order chi connectivity index (χ1) is 12.9. The molecule has 1 aromatic carbocycles. The van der Waals surface area contributed by atoms with Crippen LogP contribution in [0.1, 0.15) is 19.3 Å². The Morgan fingerprint density at radius 2 is 2.19 bits per heavy atom. The summed E-state index contributed by atoms with van der Waals surface area (Å²) in [6.45, 7) is 1.34. The molecule has 1 aliphatic rings. The van der Waals surface area contributed by atoms with Gasteiger partial charge in [0.1, 0.15) is 0 Å². The highest BCUT2D eigenvalue weighted by Gasteiger charge is 2.19. The molecule has 1 N–H and O–H groups in total. The molecule has 1 atom stereocenters. The smallest absolute Gasteiger partial charge is 0.408 e. The lowest BCUT2D eigenvalue weighted by atomic mass is 10.1. The third-order valence-corrected chi connectivity index (χ3v) is 6.00. The molecule has 3 aromatic rings. The van der Waals surface area contributed by atoms with Gasteiger partial charge in [0.05, 0.1) is 34.9 Å². The first-order valence-corrected chi connectivity index (χ1v) is 10.2. The first kappa shape index (κ1) is 17.8. The van der Waals surface area contributed by atoms with Gasteiger partial charge in [0.15, 0.2) is 5.58 Å². The van der Waals surface area contributed by atoms with E-state index in [0.717, 1.165) is 25.9 Å². The number of ether oxygens (including phenoxy) is 1. The fourth-order valence-electron chi connectivity index (χ4n) is 3.16. The highest BCUT2D eigenvalue weighted by Crippen LogP contribution is 2.21. The summed E-state index contributed by atoms with van der Waals surface area (Å²) in [6.07, 6.45) is 6.39. The zero-order chi connectivity index (χ0) is 19.0. The van der Waals surface area contributed by atoms with Crippen molar-refractivity contribution in [3.05, 3.63) is 41.1 Å². The maximum absolute atomic E-state index is 12.7. The number of aryl methyl sites for hydroxylation is 1. The van der Waals surface area contributed by atoms with Crippen LogP contribution >= 0.6 is 0 Å². The number of anilines is 1. The van der Waals surface area contributed by atoms with Gasteiger partial charge in [-0.05, 0) is 37.5 Å². The van der Waals surface area contributed by atoms with Crippen LogP contribution in [0, 0.1) is 0 Å². The Hall–Kier alpha value is -2.59. The molecule has 1 saturated heterocycles. The number of nitrogens with one attached hydrogen (secondary N) is 1. The van der Waals surface area contributed by atoms with E-state index in [9.17, 15) is 13.2 Å². The Bertz CT molecular complexity index is 1120. The van der Waals surface area contributed by atoms with E-state index >= 15 is 0 Å². The maximum atomic E-state index is 12.7. The number of rotatable bonds is 5. The predicted octanol–water partition coefficient (Wildman–Crippen LogP) is 1.70. The van der Waals surface area contributed by atoms with Crippen molar-refractivity contribution in [3.63, 3.8) is 0 Å². The van der Waals surface area contributed by atoms with Crippen molar-refractivity contribution in [1.29, 1.82) is 0 Å². The Morgan fingerprint density at radius 1 is 1.33 bits per heavy atom. The van der Waals surface area contributed by atoms with E-state index in [0.29, 0.717) is 23.3 Å². The molecule has 0 bridgehead atoms. The average molecular weight is 392 g/mol. The molecule has 1 aliphatic heterocycles. The number of benzene rings is 1. The molecule has 0 amide bonds. The summed E-state index contributed by atoms with van der Waals surface area (Å²) >= 11 is 0. The molecule has 9 nitrogen and oxygen atoms in total. The van der Waals surface area contributed by atoms with Crippen molar-refractivity contribution in [2.45, 2.75) is 36.8 Å². The molecule has 144 valence electrons. The van der Waals surface area contributed by atoms with Crippen LogP contribution in [0.5, 0.6) is 0 Å². The molecule has 4 rings (SSSR count).